The first-order valence-corrected chi connectivity index (χ1v) is 4.74. The minimum absolute atomic E-state index is 0.167. The van der Waals surface area contributed by atoms with Crippen molar-refractivity contribution in [3.8, 4) is 0 Å². The van der Waals surface area contributed by atoms with Crippen LogP contribution >= 0.6 is 11.3 Å². The van der Waals surface area contributed by atoms with E-state index in [1.54, 1.807) is 23.6 Å². The van der Waals surface area contributed by atoms with Gasteiger partial charge in [-0.15, -0.1) is 11.3 Å². The Labute approximate surface area is 84.7 Å². The van der Waals surface area contributed by atoms with E-state index in [1.807, 2.05) is 0 Å². The van der Waals surface area contributed by atoms with Crippen molar-refractivity contribution in [2.45, 2.75) is 6.42 Å². The fourth-order valence-electron chi connectivity index (χ4n) is 0.844. The number of carboxylic acids is 1. The van der Waals surface area contributed by atoms with Gasteiger partial charge in [-0.05, 0) is 12.1 Å². The highest BCUT2D eigenvalue weighted by atomic mass is 32.1. The van der Waals surface area contributed by atoms with Crippen molar-refractivity contribution >= 4 is 29.3 Å². The zero-order chi connectivity index (χ0) is 10.6. The van der Waals surface area contributed by atoms with Crippen LogP contribution in [0, 0.1) is 0 Å². The molecule has 1 heterocycles. The molecule has 0 fully saturated rings. The molecule has 1 aromatic rings. The van der Waals surface area contributed by atoms with Crippen LogP contribution < -0.4 is 5.73 Å². The molecule has 3 N–H and O–H groups in total. The maximum atomic E-state index is 10.5. The van der Waals surface area contributed by atoms with E-state index >= 15 is 0 Å². The lowest BCUT2D eigenvalue weighted by Crippen LogP contribution is -2.07. The third-order valence-corrected chi connectivity index (χ3v) is 2.37. The molecular formula is C9H9NO3S. The van der Waals surface area contributed by atoms with Crippen LogP contribution in [0.25, 0.3) is 6.08 Å². The van der Waals surface area contributed by atoms with Gasteiger partial charge in [-0.1, -0.05) is 6.08 Å². The van der Waals surface area contributed by atoms with Crippen LogP contribution in [-0.4, -0.2) is 17.0 Å². The van der Waals surface area contributed by atoms with Gasteiger partial charge in [0.1, 0.15) is 0 Å². The van der Waals surface area contributed by atoms with Crippen LogP contribution in [0.4, 0.5) is 0 Å². The standard InChI is InChI=1S/C9H9NO3S/c10-8(11)3-1-2-7-4-6(5-14-7)9(12)13/h1-2,4-5H,3H2,(H2,10,11)(H,12,13). The number of carboxylic acid groups (broad SMARTS) is 1. The second-order valence-corrected chi connectivity index (χ2v) is 3.56. The zero-order valence-corrected chi connectivity index (χ0v) is 8.08. The summed E-state index contributed by atoms with van der Waals surface area (Å²) in [6.07, 6.45) is 3.46. The van der Waals surface area contributed by atoms with Gasteiger partial charge in [0.2, 0.25) is 5.91 Å². The van der Waals surface area contributed by atoms with Crippen LogP contribution in [0.3, 0.4) is 0 Å². The second-order valence-electron chi connectivity index (χ2n) is 2.62. The lowest BCUT2D eigenvalue weighted by molar-refractivity contribution is -0.117. The maximum absolute atomic E-state index is 10.5. The normalized spacial score (nSPS) is 10.6. The van der Waals surface area contributed by atoms with E-state index in [1.165, 1.54) is 11.3 Å². The number of rotatable bonds is 4. The van der Waals surface area contributed by atoms with Gasteiger partial charge >= 0.3 is 5.97 Å². The molecule has 0 radical (unpaired) electrons. The molecule has 1 rings (SSSR count). The number of amides is 1. The van der Waals surface area contributed by atoms with E-state index in [0.29, 0.717) is 0 Å². The van der Waals surface area contributed by atoms with Crippen LogP contribution in [-0.2, 0) is 4.79 Å². The Hall–Kier alpha value is -1.62. The SMILES string of the molecule is NC(=O)CC=Cc1cc(C(=O)O)cs1. The van der Waals surface area contributed by atoms with Gasteiger partial charge in [-0.3, -0.25) is 4.79 Å². The minimum Gasteiger partial charge on any atom is -0.478 e. The van der Waals surface area contributed by atoms with Gasteiger partial charge in [0.15, 0.2) is 0 Å². The summed E-state index contributed by atoms with van der Waals surface area (Å²) in [5, 5.41) is 10.2. The van der Waals surface area contributed by atoms with Crippen molar-refractivity contribution in [3.05, 3.63) is 28.0 Å². The summed E-state index contributed by atoms with van der Waals surface area (Å²) in [5.41, 5.74) is 5.19. The molecule has 0 atom stereocenters. The molecule has 0 spiro atoms. The Balaban J connectivity index is 2.64. The Morgan fingerprint density at radius 2 is 2.29 bits per heavy atom. The second kappa shape index (κ2) is 4.57. The topological polar surface area (TPSA) is 80.4 Å². The average molecular weight is 211 g/mol. The third-order valence-electron chi connectivity index (χ3n) is 1.47. The molecule has 0 saturated carbocycles. The highest BCUT2D eigenvalue weighted by molar-refractivity contribution is 7.11. The van der Waals surface area contributed by atoms with Gasteiger partial charge in [0.05, 0.1) is 5.56 Å². The van der Waals surface area contributed by atoms with Crippen molar-refractivity contribution in [1.82, 2.24) is 0 Å². The monoisotopic (exact) mass is 211 g/mol. The van der Waals surface area contributed by atoms with Crippen molar-refractivity contribution in [1.29, 1.82) is 0 Å². The third kappa shape index (κ3) is 3.02. The molecule has 0 aliphatic rings. The highest BCUT2D eigenvalue weighted by Crippen LogP contribution is 2.16. The number of thiophene rings is 1. The predicted molar refractivity (Wildman–Crippen MR) is 54.1 cm³/mol. The summed E-state index contributed by atoms with van der Waals surface area (Å²) in [4.78, 5) is 21.7. The van der Waals surface area contributed by atoms with Gasteiger partial charge in [0, 0.05) is 16.7 Å². The number of carbonyl (C=O) groups is 2. The molecule has 0 aromatic carbocycles. The molecule has 0 bridgehead atoms. The smallest absolute Gasteiger partial charge is 0.336 e. The molecule has 1 aromatic heterocycles. The first-order chi connectivity index (χ1) is 6.59. The van der Waals surface area contributed by atoms with Crippen molar-refractivity contribution in [2.75, 3.05) is 0 Å². The van der Waals surface area contributed by atoms with E-state index in [4.69, 9.17) is 10.8 Å². The molecule has 0 saturated heterocycles. The minimum atomic E-state index is -0.948. The molecular weight excluding hydrogens is 202 g/mol. The van der Waals surface area contributed by atoms with Crippen molar-refractivity contribution in [3.63, 3.8) is 0 Å². The average Bonchev–Trinajstić information content (AvgIpc) is 2.52. The summed E-state index contributed by atoms with van der Waals surface area (Å²) < 4.78 is 0. The van der Waals surface area contributed by atoms with Crippen molar-refractivity contribution < 1.29 is 14.7 Å². The summed E-state index contributed by atoms with van der Waals surface area (Å²) in [5.74, 6) is -1.35. The number of carbonyl (C=O) groups excluding carboxylic acids is 1. The first-order valence-electron chi connectivity index (χ1n) is 3.86. The molecule has 1 amide bonds. The Morgan fingerprint density at radius 1 is 1.57 bits per heavy atom. The molecule has 0 aliphatic heterocycles. The number of primary amides is 1. The predicted octanol–water partition coefficient (Wildman–Crippen LogP) is 1.33. The molecule has 0 unspecified atom stereocenters. The fourth-order valence-corrected chi connectivity index (χ4v) is 1.65. The summed E-state index contributed by atoms with van der Waals surface area (Å²) in [6.45, 7) is 0. The summed E-state index contributed by atoms with van der Waals surface area (Å²) >= 11 is 1.31. The fraction of sp³-hybridized carbons (Fsp3) is 0.111. The van der Waals surface area contributed by atoms with Crippen molar-refractivity contribution in [2.24, 2.45) is 5.73 Å². The zero-order valence-electron chi connectivity index (χ0n) is 7.27. The lowest BCUT2D eigenvalue weighted by Gasteiger charge is -1.84. The van der Waals surface area contributed by atoms with Gasteiger partial charge in [-0.2, -0.15) is 0 Å². The Kier molecular flexibility index (Phi) is 3.41. The number of hydrogen-bond acceptors (Lipinski definition) is 3. The van der Waals surface area contributed by atoms with Gasteiger partial charge in [0.25, 0.3) is 0 Å². The highest BCUT2D eigenvalue weighted by Gasteiger charge is 2.03. The van der Waals surface area contributed by atoms with Gasteiger partial charge in [-0.25, -0.2) is 4.79 Å². The number of aromatic carboxylic acids is 1. The molecule has 14 heavy (non-hydrogen) atoms. The largest absolute Gasteiger partial charge is 0.478 e. The molecule has 4 nitrogen and oxygen atoms in total. The Bertz CT molecular complexity index is 381. The van der Waals surface area contributed by atoms with E-state index < -0.39 is 11.9 Å². The molecule has 74 valence electrons. The quantitative estimate of drug-likeness (QED) is 0.788. The first kappa shape index (κ1) is 10.5. The van der Waals surface area contributed by atoms with E-state index in [0.717, 1.165) is 4.88 Å². The van der Waals surface area contributed by atoms with Crippen LogP contribution in [0.5, 0.6) is 0 Å². The van der Waals surface area contributed by atoms with E-state index in [9.17, 15) is 9.59 Å². The van der Waals surface area contributed by atoms with Crippen LogP contribution in [0.1, 0.15) is 21.7 Å². The molecule has 5 heteroatoms. The van der Waals surface area contributed by atoms with E-state index in [-0.39, 0.29) is 12.0 Å². The van der Waals surface area contributed by atoms with Crippen LogP contribution in [0.2, 0.25) is 0 Å². The Morgan fingerprint density at radius 3 is 2.79 bits per heavy atom. The summed E-state index contributed by atoms with van der Waals surface area (Å²) in [6, 6.07) is 1.55. The van der Waals surface area contributed by atoms with E-state index in [2.05, 4.69) is 0 Å². The van der Waals surface area contributed by atoms with Gasteiger partial charge < -0.3 is 10.8 Å². The number of hydrogen-bond donors (Lipinski definition) is 2. The molecule has 0 aliphatic carbocycles. The number of nitrogens with two attached hydrogens (primary N) is 1. The maximum Gasteiger partial charge on any atom is 0.336 e. The summed E-state index contributed by atoms with van der Waals surface area (Å²) in [7, 11) is 0. The lowest BCUT2D eigenvalue weighted by atomic mass is 10.3. The van der Waals surface area contributed by atoms with Crippen LogP contribution in [0.15, 0.2) is 17.5 Å².